The minimum Gasteiger partial charge on any atom is -0.462 e. The Balaban J connectivity index is 1.69. The van der Waals surface area contributed by atoms with Crippen molar-refractivity contribution in [2.75, 3.05) is 11.5 Å². The van der Waals surface area contributed by atoms with E-state index in [1.807, 2.05) is 42.7 Å². The molecule has 8 heteroatoms. The molecule has 2 amide bonds. The second-order valence-electron chi connectivity index (χ2n) is 7.72. The second-order valence-corrected chi connectivity index (χ2v) is 8.11. The normalized spacial score (nSPS) is 15.0. The molecule has 1 aromatic heterocycles. The van der Waals surface area contributed by atoms with E-state index in [9.17, 15) is 14.4 Å². The number of esters is 1. The van der Waals surface area contributed by atoms with E-state index in [0.717, 1.165) is 22.6 Å². The number of aromatic nitrogens is 1. The first-order valence-corrected chi connectivity index (χ1v) is 11.2. The number of amides is 2. The highest BCUT2D eigenvalue weighted by Gasteiger charge is 2.34. The number of benzene rings is 2. The van der Waals surface area contributed by atoms with Gasteiger partial charge in [-0.1, -0.05) is 18.2 Å². The first-order valence-electron chi connectivity index (χ1n) is 10.7. The van der Waals surface area contributed by atoms with Crippen LogP contribution in [0, 0.1) is 13.8 Å². The molecule has 0 radical (unpaired) electrons. The lowest BCUT2D eigenvalue weighted by Gasteiger charge is -2.28. The van der Waals surface area contributed by atoms with Crippen LogP contribution in [0.5, 0.6) is 0 Å². The van der Waals surface area contributed by atoms with Crippen molar-refractivity contribution >= 4 is 46.9 Å². The van der Waals surface area contributed by atoms with E-state index in [1.165, 1.54) is 4.90 Å². The maximum atomic E-state index is 13.2. The van der Waals surface area contributed by atoms with Crippen LogP contribution in [0.15, 0.2) is 66.2 Å². The number of anilines is 1. The van der Waals surface area contributed by atoms with Gasteiger partial charge < -0.3 is 9.30 Å². The van der Waals surface area contributed by atoms with Crippen molar-refractivity contribution < 1.29 is 19.1 Å². The molecule has 172 valence electrons. The highest BCUT2D eigenvalue weighted by atomic mass is 32.1. The standard InChI is InChI=1S/C26H23N3O4S/c1-4-33-25(32)18-10-12-21(13-11-18)28-16(2)14-19(17(28)3)15-22-23(30)27-26(34)29(24(22)31)20-8-6-5-7-9-20/h5-15H,4H2,1-3H3,(H,27,30,34). The average molecular weight is 474 g/mol. The summed E-state index contributed by atoms with van der Waals surface area (Å²) < 4.78 is 7.03. The van der Waals surface area contributed by atoms with Crippen molar-refractivity contribution in [2.45, 2.75) is 20.8 Å². The van der Waals surface area contributed by atoms with Crippen LogP contribution >= 0.6 is 12.2 Å². The average Bonchev–Trinajstić information content (AvgIpc) is 3.10. The highest BCUT2D eigenvalue weighted by Crippen LogP contribution is 2.26. The van der Waals surface area contributed by atoms with Crippen molar-refractivity contribution in [1.29, 1.82) is 0 Å². The quantitative estimate of drug-likeness (QED) is 0.261. The summed E-state index contributed by atoms with van der Waals surface area (Å²) in [5.41, 5.74) is 4.37. The number of rotatable bonds is 5. The zero-order chi connectivity index (χ0) is 24.4. The van der Waals surface area contributed by atoms with Gasteiger partial charge in [0.1, 0.15) is 5.57 Å². The van der Waals surface area contributed by atoms with Crippen molar-refractivity contribution in [3.63, 3.8) is 0 Å². The first-order chi connectivity index (χ1) is 16.3. The van der Waals surface area contributed by atoms with Crippen LogP contribution in [0.4, 0.5) is 5.69 Å². The number of nitrogens with zero attached hydrogens (tertiary/aromatic N) is 2. The van der Waals surface area contributed by atoms with Crippen LogP contribution in [-0.2, 0) is 14.3 Å². The van der Waals surface area contributed by atoms with Gasteiger partial charge in [0.05, 0.1) is 17.9 Å². The van der Waals surface area contributed by atoms with Crippen LogP contribution in [0.2, 0.25) is 0 Å². The molecule has 0 unspecified atom stereocenters. The van der Waals surface area contributed by atoms with Gasteiger partial charge in [0.25, 0.3) is 11.8 Å². The molecule has 34 heavy (non-hydrogen) atoms. The Kier molecular flexibility index (Phi) is 6.43. The highest BCUT2D eigenvalue weighted by molar-refractivity contribution is 7.80. The molecule has 0 bridgehead atoms. The fourth-order valence-corrected chi connectivity index (χ4v) is 4.20. The van der Waals surface area contributed by atoms with Crippen molar-refractivity contribution in [3.8, 4) is 5.69 Å². The molecule has 1 N–H and O–H groups in total. The molecule has 1 saturated heterocycles. The fourth-order valence-electron chi connectivity index (χ4n) is 3.92. The van der Waals surface area contributed by atoms with E-state index in [2.05, 4.69) is 5.32 Å². The Morgan fingerprint density at radius 2 is 1.71 bits per heavy atom. The number of thiocarbonyl (C=S) groups is 1. The van der Waals surface area contributed by atoms with E-state index >= 15 is 0 Å². The van der Waals surface area contributed by atoms with E-state index in [4.69, 9.17) is 17.0 Å². The molecule has 0 saturated carbocycles. The third kappa shape index (κ3) is 4.27. The van der Waals surface area contributed by atoms with E-state index in [-0.39, 0.29) is 16.7 Å². The first kappa shape index (κ1) is 23.1. The van der Waals surface area contributed by atoms with E-state index in [0.29, 0.717) is 17.9 Å². The van der Waals surface area contributed by atoms with Crippen LogP contribution in [0.1, 0.15) is 34.2 Å². The molecule has 1 fully saturated rings. The monoisotopic (exact) mass is 473 g/mol. The molecule has 0 aliphatic carbocycles. The van der Waals surface area contributed by atoms with Crippen LogP contribution in [0.25, 0.3) is 11.8 Å². The second kappa shape index (κ2) is 9.44. The van der Waals surface area contributed by atoms with Crippen molar-refractivity contribution in [2.24, 2.45) is 0 Å². The molecular formula is C26H23N3O4S. The predicted molar refractivity (Wildman–Crippen MR) is 134 cm³/mol. The third-order valence-corrected chi connectivity index (χ3v) is 5.81. The number of aryl methyl sites for hydroxylation is 1. The van der Waals surface area contributed by atoms with Gasteiger partial charge in [-0.3, -0.25) is 19.8 Å². The molecule has 2 aromatic carbocycles. The van der Waals surface area contributed by atoms with Gasteiger partial charge in [-0.15, -0.1) is 0 Å². The van der Waals surface area contributed by atoms with Crippen LogP contribution < -0.4 is 10.2 Å². The van der Waals surface area contributed by atoms with Gasteiger partial charge in [0.15, 0.2) is 5.11 Å². The number of carbonyl (C=O) groups excluding carboxylic acids is 3. The molecule has 1 aliphatic heterocycles. The molecule has 0 spiro atoms. The summed E-state index contributed by atoms with van der Waals surface area (Å²) in [7, 11) is 0. The number of nitrogens with one attached hydrogen (secondary N) is 1. The molecule has 1 aliphatic rings. The molecule has 2 heterocycles. The Labute approximate surface area is 202 Å². The fraction of sp³-hybridized carbons (Fsp3) is 0.154. The minimum atomic E-state index is -0.536. The lowest BCUT2D eigenvalue weighted by molar-refractivity contribution is -0.122. The van der Waals surface area contributed by atoms with Crippen molar-refractivity contribution in [1.82, 2.24) is 9.88 Å². The van der Waals surface area contributed by atoms with Gasteiger partial charge in [0, 0.05) is 17.1 Å². The van der Waals surface area contributed by atoms with Crippen LogP contribution in [0.3, 0.4) is 0 Å². The smallest absolute Gasteiger partial charge is 0.338 e. The number of hydrogen-bond acceptors (Lipinski definition) is 5. The zero-order valence-electron chi connectivity index (χ0n) is 19.0. The lowest BCUT2D eigenvalue weighted by Crippen LogP contribution is -2.54. The SMILES string of the molecule is CCOC(=O)c1ccc(-n2c(C)cc(C=C3C(=O)NC(=S)N(c4ccccc4)C3=O)c2C)cc1. The summed E-state index contributed by atoms with van der Waals surface area (Å²) in [5.74, 6) is -1.39. The van der Waals surface area contributed by atoms with E-state index < -0.39 is 11.8 Å². The Morgan fingerprint density at radius 1 is 1.03 bits per heavy atom. The summed E-state index contributed by atoms with van der Waals surface area (Å²) in [4.78, 5) is 39.2. The summed E-state index contributed by atoms with van der Waals surface area (Å²) in [5, 5.41) is 2.65. The van der Waals surface area contributed by atoms with Crippen molar-refractivity contribution in [3.05, 3.63) is 88.8 Å². The number of carbonyl (C=O) groups is 3. The summed E-state index contributed by atoms with van der Waals surface area (Å²) in [6.45, 7) is 5.91. The summed E-state index contributed by atoms with van der Waals surface area (Å²) >= 11 is 5.25. The zero-order valence-corrected chi connectivity index (χ0v) is 19.8. The lowest BCUT2D eigenvalue weighted by atomic mass is 10.1. The minimum absolute atomic E-state index is 0.00429. The maximum absolute atomic E-state index is 13.2. The number of para-hydroxylation sites is 1. The molecule has 3 aromatic rings. The number of hydrogen-bond donors (Lipinski definition) is 1. The van der Waals surface area contributed by atoms with Crippen LogP contribution in [-0.4, -0.2) is 34.1 Å². The number of ether oxygens (including phenoxy) is 1. The molecule has 7 nitrogen and oxygen atoms in total. The van der Waals surface area contributed by atoms with Gasteiger partial charge >= 0.3 is 5.97 Å². The van der Waals surface area contributed by atoms with Gasteiger partial charge in [-0.25, -0.2) is 4.79 Å². The van der Waals surface area contributed by atoms with E-state index in [1.54, 1.807) is 49.4 Å². The summed E-state index contributed by atoms with van der Waals surface area (Å²) in [6.07, 6.45) is 1.58. The Hall–Kier alpha value is -4.04. The topological polar surface area (TPSA) is 80.6 Å². The van der Waals surface area contributed by atoms with Gasteiger partial charge in [-0.05, 0) is 87.1 Å². The molecule has 0 atom stereocenters. The van der Waals surface area contributed by atoms with Gasteiger partial charge in [0.2, 0.25) is 0 Å². The maximum Gasteiger partial charge on any atom is 0.338 e. The molecule has 4 rings (SSSR count). The predicted octanol–water partition coefficient (Wildman–Crippen LogP) is 4.10. The molecular weight excluding hydrogens is 450 g/mol. The Bertz CT molecular complexity index is 1320. The summed E-state index contributed by atoms with van der Waals surface area (Å²) in [6, 6.07) is 17.9. The largest absolute Gasteiger partial charge is 0.462 e. The third-order valence-electron chi connectivity index (χ3n) is 5.52. The van der Waals surface area contributed by atoms with Gasteiger partial charge in [-0.2, -0.15) is 0 Å². The Morgan fingerprint density at radius 3 is 2.35 bits per heavy atom.